The summed E-state index contributed by atoms with van der Waals surface area (Å²) in [4.78, 5) is 17.4. The molecule has 0 saturated heterocycles. The van der Waals surface area contributed by atoms with Gasteiger partial charge in [-0.05, 0) is 12.1 Å². The van der Waals surface area contributed by atoms with Crippen molar-refractivity contribution in [1.29, 1.82) is 0 Å². The zero-order valence-corrected chi connectivity index (χ0v) is 15.7. The van der Waals surface area contributed by atoms with Gasteiger partial charge >= 0.3 is 15.6 Å². The minimum atomic E-state index is -5.74. The van der Waals surface area contributed by atoms with Gasteiger partial charge in [0.05, 0.1) is 7.11 Å². The van der Waals surface area contributed by atoms with E-state index in [9.17, 15) is 26.4 Å². The number of carbonyl (C=O) groups is 1. The van der Waals surface area contributed by atoms with Crippen molar-refractivity contribution < 1.29 is 39.8 Å². The number of oxazole rings is 1. The van der Waals surface area contributed by atoms with Crippen LogP contribution in [0.2, 0.25) is 0 Å². The number of benzene rings is 1. The molecule has 0 aliphatic carbocycles. The van der Waals surface area contributed by atoms with E-state index in [1.807, 2.05) is 13.8 Å². The quantitative estimate of drug-likeness (QED) is 0.322. The van der Waals surface area contributed by atoms with Gasteiger partial charge in [-0.15, -0.1) is 0 Å². The van der Waals surface area contributed by atoms with E-state index in [1.165, 1.54) is 14.2 Å². The van der Waals surface area contributed by atoms with Crippen LogP contribution in [0, 0.1) is 0 Å². The summed E-state index contributed by atoms with van der Waals surface area (Å²) in [5.74, 6) is -0.829. The highest BCUT2D eigenvalue weighted by Gasteiger charge is 2.49. The molecule has 0 saturated carbocycles. The predicted octanol–water partition coefficient (Wildman–Crippen LogP) is 3.23. The summed E-state index contributed by atoms with van der Waals surface area (Å²) in [5.41, 5.74) is -5.04. The molecule has 1 amide bonds. The number of hydrogen-bond acceptors (Lipinski definition) is 7. The lowest BCUT2D eigenvalue weighted by Crippen LogP contribution is -2.28. The van der Waals surface area contributed by atoms with Crippen LogP contribution in [0.4, 0.5) is 13.2 Å². The van der Waals surface area contributed by atoms with Crippen molar-refractivity contribution >= 4 is 16.5 Å². The molecule has 12 heteroatoms. The Labute approximate surface area is 154 Å². The fourth-order valence-electron chi connectivity index (χ4n) is 1.21. The average molecular weight is 412 g/mol. The second-order valence-electron chi connectivity index (χ2n) is 4.17. The van der Waals surface area contributed by atoms with Crippen molar-refractivity contribution in [3.63, 3.8) is 0 Å². The number of alkyl halides is 3. The molecule has 0 N–H and O–H groups in total. The van der Waals surface area contributed by atoms with Gasteiger partial charge in [0, 0.05) is 12.6 Å². The first kappa shape index (κ1) is 24.4. The van der Waals surface area contributed by atoms with Crippen LogP contribution >= 0.6 is 0 Å². The highest BCUT2D eigenvalue weighted by atomic mass is 32.2. The van der Waals surface area contributed by atoms with Gasteiger partial charge in [0.15, 0.2) is 6.26 Å². The lowest BCUT2D eigenvalue weighted by Gasteiger charge is -2.05. The average Bonchev–Trinajstić information content (AvgIpc) is 3.11. The third-order valence-corrected chi connectivity index (χ3v) is 3.38. The monoisotopic (exact) mass is 412 g/mol. The largest absolute Gasteiger partial charge is 0.534 e. The first-order valence-electron chi connectivity index (χ1n) is 7.34. The smallest absolute Gasteiger partial charge is 0.440 e. The molecule has 0 bridgehead atoms. The molecule has 1 aromatic carbocycles. The number of nitrogens with zero attached hydrogens (tertiary/aromatic N) is 2. The van der Waals surface area contributed by atoms with Crippen LogP contribution in [0.3, 0.4) is 0 Å². The van der Waals surface area contributed by atoms with E-state index in [0.717, 1.165) is 5.06 Å². The first-order valence-corrected chi connectivity index (χ1v) is 8.75. The standard InChI is InChI=1S/C10H6F3NO4S.C3H7NO2.C2H6/c11-10(12,13)19(15,16)18-8-6-17-9(14-8)7-4-2-1-3-5-7;1-4(3-5)6-2;1-2/h1-6H;3H,1-2H3;1-2H3. The summed E-state index contributed by atoms with van der Waals surface area (Å²) >= 11 is 0. The maximum Gasteiger partial charge on any atom is 0.534 e. The molecule has 0 aliphatic heterocycles. The Hall–Kier alpha value is -2.60. The van der Waals surface area contributed by atoms with Gasteiger partial charge in [0.1, 0.15) is 0 Å². The molecule has 152 valence electrons. The molecule has 0 unspecified atom stereocenters. The minimum Gasteiger partial charge on any atom is -0.440 e. The number of halogens is 3. The fraction of sp³-hybridized carbons (Fsp3) is 0.333. The Bertz CT molecular complexity index is 778. The van der Waals surface area contributed by atoms with Gasteiger partial charge in [-0.1, -0.05) is 32.0 Å². The zero-order valence-electron chi connectivity index (χ0n) is 14.9. The number of hydroxylamine groups is 2. The molecule has 0 aliphatic rings. The maximum atomic E-state index is 12.1. The molecule has 1 heterocycles. The first-order chi connectivity index (χ1) is 12.6. The molecular weight excluding hydrogens is 393 g/mol. The number of aromatic nitrogens is 1. The van der Waals surface area contributed by atoms with Crippen molar-refractivity contribution in [2.75, 3.05) is 14.2 Å². The Morgan fingerprint density at radius 2 is 1.74 bits per heavy atom. The molecule has 0 fully saturated rings. The van der Waals surface area contributed by atoms with Crippen molar-refractivity contribution in [2.45, 2.75) is 19.4 Å². The van der Waals surface area contributed by atoms with Crippen LogP contribution in [-0.4, -0.2) is 44.5 Å². The van der Waals surface area contributed by atoms with Crippen molar-refractivity contribution in [1.82, 2.24) is 10.0 Å². The van der Waals surface area contributed by atoms with E-state index in [2.05, 4.69) is 14.0 Å². The number of hydrogen-bond donors (Lipinski definition) is 0. The summed E-state index contributed by atoms with van der Waals surface area (Å²) in [7, 11) is -2.80. The molecule has 2 rings (SSSR count). The molecule has 8 nitrogen and oxygen atoms in total. The topological polar surface area (TPSA) is 98.9 Å². The summed E-state index contributed by atoms with van der Waals surface area (Å²) in [6, 6.07) is 8.22. The summed E-state index contributed by atoms with van der Waals surface area (Å²) in [6.45, 7) is 4.00. The van der Waals surface area contributed by atoms with Crippen molar-refractivity contribution in [3.8, 4) is 17.3 Å². The molecule has 0 spiro atoms. The van der Waals surface area contributed by atoms with Gasteiger partial charge in [-0.3, -0.25) is 9.63 Å². The Morgan fingerprint density at radius 3 is 2.15 bits per heavy atom. The predicted molar refractivity (Wildman–Crippen MR) is 89.7 cm³/mol. The van der Waals surface area contributed by atoms with E-state index < -0.39 is 21.5 Å². The summed E-state index contributed by atoms with van der Waals surface area (Å²) in [6.07, 6.45) is 1.27. The molecule has 27 heavy (non-hydrogen) atoms. The summed E-state index contributed by atoms with van der Waals surface area (Å²) < 4.78 is 66.4. The van der Waals surface area contributed by atoms with E-state index in [4.69, 9.17) is 4.42 Å². The second-order valence-corrected chi connectivity index (χ2v) is 5.71. The van der Waals surface area contributed by atoms with Crippen LogP contribution in [-0.2, 0) is 19.8 Å². The molecule has 2 aromatic rings. The number of rotatable bonds is 5. The Kier molecular flexibility index (Phi) is 10.1. The van der Waals surface area contributed by atoms with Crippen LogP contribution in [0.25, 0.3) is 11.5 Å². The van der Waals surface area contributed by atoms with Crippen LogP contribution in [0.1, 0.15) is 13.8 Å². The summed E-state index contributed by atoms with van der Waals surface area (Å²) in [5, 5.41) is 1.07. The normalized spacial score (nSPS) is 10.6. The van der Waals surface area contributed by atoms with Gasteiger partial charge in [-0.2, -0.15) is 26.6 Å². The number of carbonyl (C=O) groups excluding carboxylic acids is 1. The highest BCUT2D eigenvalue weighted by Crippen LogP contribution is 2.28. The van der Waals surface area contributed by atoms with Gasteiger partial charge in [-0.25, -0.2) is 5.06 Å². The molecule has 0 radical (unpaired) electrons. The van der Waals surface area contributed by atoms with Gasteiger partial charge in [0.25, 0.3) is 5.88 Å². The third kappa shape index (κ3) is 8.09. The highest BCUT2D eigenvalue weighted by molar-refractivity contribution is 7.87. The van der Waals surface area contributed by atoms with E-state index in [-0.39, 0.29) is 5.89 Å². The lowest BCUT2D eigenvalue weighted by molar-refractivity contribution is -0.153. The van der Waals surface area contributed by atoms with E-state index >= 15 is 0 Å². The van der Waals surface area contributed by atoms with Crippen molar-refractivity contribution in [2.24, 2.45) is 0 Å². The minimum absolute atomic E-state index is 0.0482. The van der Waals surface area contributed by atoms with E-state index in [0.29, 0.717) is 18.2 Å². The Morgan fingerprint density at radius 1 is 1.19 bits per heavy atom. The zero-order chi connectivity index (χ0) is 21.1. The maximum absolute atomic E-state index is 12.1. The fourth-order valence-corrected chi connectivity index (χ4v) is 1.61. The SMILES string of the molecule is CC.CON(C)C=O.O=S(=O)(Oc1coc(-c2ccccc2)n1)C(F)(F)F. The van der Waals surface area contributed by atoms with Crippen LogP contribution in [0.5, 0.6) is 5.88 Å². The Balaban J connectivity index is 0.000000722. The van der Waals surface area contributed by atoms with Gasteiger partial charge < -0.3 is 8.60 Å². The third-order valence-electron chi connectivity index (χ3n) is 2.42. The van der Waals surface area contributed by atoms with Crippen LogP contribution in [0.15, 0.2) is 41.0 Å². The molecule has 0 atom stereocenters. The van der Waals surface area contributed by atoms with E-state index in [1.54, 1.807) is 30.3 Å². The van der Waals surface area contributed by atoms with Crippen molar-refractivity contribution in [3.05, 3.63) is 36.6 Å². The van der Waals surface area contributed by atoms with Crippen LogP contribution < -0.4 is 4.18 Å². The lowest BCUT2D eigenvalue weighted by atomic mass is 10.2. The number of amides is 1. The molecule has 1 aromatic heterocycles. The van der Waals surface area contributed by atoms with Gasteiger partial charge in [0.2, 0.25) is 12.3 Å². The second kappa shape index (κ2) is 11.2. The molecular formula is C15H19F3N2O6S.